The highest BCUT2D eigenvalue weighted by atomic mass is 16.5. The van der Waals surface area contributed by atoms with Crippen LogP contribution in [-0.4, -0.2) is 23.6 Å². The molecule has 2 atom stereocenters. The predicted molar refractivity (Wildman–Crippen MR) is 87.5 cm³/mol. The van der Waals surface area contributed by atoms with E-state index in [-0.39, 0.29) is 11.8 Å². The van der Waals surface area contributed by atoms with Crippen LogP contribution < -0.4 is 10.1 Å². The summed E-state index contributed by atoms with van der Waals surface area (Å²) in [6, 6.07) is 4.32. The van der Waals surface area contributed by atoms with Gasteiger partial charge in [-0.1, -0.05) is 32.8 Å². The topological polar surface area (TPSA) is 75.6 Å². The molecule has 1 amide bonds. The van der Waals surface area contributed by atoms with E-state index in [2.05, 4.69) is 12.2 Å². The molecule has 0 fully saturated rings. The number of aliphatic carboxylic acids is 1. The van der Waals surface area contributed by atoms with Crippen LogP contribution in [0.15, 0.2) is 18.2 Å². The summed E-state index contributed by atoms with van der Waals surface area (Å²) in [5.41, 5.74) is 1.60. The van der Waals surface area contributed by atoms with Crippen molar-refractivity contribution in [3.05, 3.63) is 29.3 Å². The van der Waals surface area contributed by atoms with Crippen molar-refractivity contribution in [2.75, 3.05) is 6.61 Å². The lowest BCUT2D eigenvalue weighted by atomic mass is 9.96. The van der Waals surface area contributed by atoms with E-state index in [1.165, 1.54) is 0 Å². The van der Waals surface area contributed by atoms with Gasteiger partial charge >= 0.3 is 5.97 Å². The predicted octanol–water partition coefficient (Wildman–Crippen LogP) is 3.08. The molecule has 2 unspecified atom stereocenters. The Morgan fingerprint density at radius 3 is 2.78 bits per heavy atom. The Kier molecular flexibility index (Phi) is 6.02. The van der Waals surface area contributed by atoms with Crippen LogP contribution >= 0.6 is 0 Å². The second kappa shape index (κ2) is 7.99. The summed E-state index contributed by atoms with van der Waals surface area (Å²) in [5.74, 6) is -0.541. The Hall–Kier alpha value is -2.04. The highest BCUT2D eigenvalue weighted by Crippen LogP contribution is 2.28. The number of carboxylic acid groups (broad SMARTS) is 1. The Morgan fingerprint density at radius 1 is 1.35 bits per heavy atom. The van der Waals surface area contributed by atoms with Crippen molar-refractivity contribution in [3.8, 4) is 5.75 Å². The molecule has 126 valence electrons. The third kappa shape index (κ3) is 4.24. The number of ether oxygens (including phenoxy) is 1. The number of nitrogens with one attached hydrogen (secondary N) is 1. The maximum Gasteiger partial charge on any atom is 0.330 e. The van der Waals surface area contributed by atoms with Gasteiger partial charge in [0.15, 0.2) is 6.04 Å². The molecule has 0 saturated heterocycles. The third-order valence-electron chi connectivity index (χ3n) is 4.35. The Morgan fingerprint density at radius 2 is 2.13 bits per heavy atom. The molecule has 1 aliphatic rings. The molecule has 0 radical (unpaired) electrons. The quantitative estimate of drug-likeness (QED) is 0.772. The smallest absolute Gasteiger partial charge is 0.330 e. The Labute approximate surface area is 137 Å². The maximum atomic E-state index is 12.4. The molecule has 0 saturated carbocycles. The van der Waals surface area contributed by atoms with Gasteiger partial charge in [0.05, 0.1) is 6.61 Å². The number of benzene rings is 1. The molecular weight excluding hydrogens is 294 g/mol. The number of amides is 1. The minimum absolute atomic E-state index is 0.130. The van der Waals surface area contributed by atoms with Crippen LogP contribution in [-0.2, 0) is 16.0 Å². The first-order valence-electron chi connectivity index (χ1n) is 8.35. The summed E-state index contributed by atoms with van der Waals surface area (Å²) in [4.78, 5) is 24.0. The van der Waals surface area contributed by atoms with Gasteiger partial charge in [0.1, 0.15) is 5.75 Å². The SMILES string of the molecule is CCCCC(CC)C(=O)NC(C(=O)O)c1ccc2c(c1)CCO2. The number of hydrogen-bond donors (Lipinski definition) is 2. The lowest BCUT2D eigenvalue weighted by Gasteiger charge is -2.20. The van der Waals surface area contributed by atoms with E-state index in [0.29, 0.717) is 12.2 Å². The third-order valence-corrected chi connectivity index (χ3v) is 4.35. The van der Waals surface area contributed by atoms with Crippen molar-refractivity contribution in [1.82, 2.24) is 5.32 Å². The van der Waals surface area contributed by atoms with Gasteiger partial charge in [0, 0.05) is 12.3 Å². The summed E-state index contributed by atoms with van der Waals surface area (Å²) < 4.78 is 5.44. The standard InChI is InChI=1S/C18H25NO4/c1-3-5-6-12(4-2)17(20)19-16(18(21)22)14-7-8-15-13(11-14)9-10-23-15/h7-8,11-12,16H,3-6,9-10H2,1-2H3,(H,19,20)(H,21,22). The summed E-state index contributed by atoms with van der Waals surface area (Å²) in [7, 11) is 0. The fraction of sp³-hybridized carbons (Fsp3) is 0.556. The Balaban J connectivity index is 2.12. The fourth-order valence-corrected chi connectivity index (χ4v) is 2.90. The fourth-order valence-electron chi connectivity index (χ4n) is 2.90. The van der Waals surface area contributed by atoms with Gasteiger partial charge in [0.25, 0.3) is 0 Å². The molecule has 1 aromatic rings. The van der Waals surface area contributed by atoms with Gasteiger partial charge in [-0.15, -0.1) is 0 Å². The first-order chi connectivity index (χ1) is 11.1. The van der Waals surface area contributed by atoms with E-state index >= 15 is 0 Å². The van der Waals surface area contributed by atoms with E-state index in [0.717, 1.165) is 43.4 Å². The lowest BCUT2D eigenvalue weighted by molar-refractivity contribution is -0.142. The van der Waals surface area contributed by atoms with Crippen molar-refractivity contribution in [2.45, 2.75) is 52.0 Å². The molecule has 1 heterocycles. The number of rotatable bonds is 8. The van der Waals surface area contributed by atoms with Crippen LogP contribution in [0.1, 0.15) is 56.7 Å². The molecule has 5 nitrogen and oxygen atoms in total. The molecule has 0 aromatic heterocycles. The highest BCUT2D eigenvalue weighted by Gasteiger charge is 2.26. The highest BCUT2D eigenvalue weighted by molar-refractivity contribution is 5.85. The van der Waals surface area contributed by atoms with Crippen molar-refractivity contribution in [2.24, 2.45) is 5.92 Å². The number of carbonyl (C=O) groups excluding carboxylic acids is 1. The average Bonchev–Trinajstić information content (AvgIpc) is 3.00. The summed E-state index contributed by atoms with van der Waals surface area (Å²) >= 11 is 0. The second-order valence-corrected chi connectivity index (χ2v) is 5.99. The van der Waals surface area contributed by atoms with Crippen molar-refractivity contribution >= 4 is 11.9 Å². The van der Waals surface area contributed by atoms with Crippen LogP contribution in [0.3, 0.4) is 0 Å². The zero-order chi connectivity index (χ0) is 16.8. The average molecular weight is 319 g/mol. The largest absolute Gasteiger partial charge is 0.493 e. The molecule has 2 rings (SSSR count). The molecular formula is C18H25NO4. The summed E-state index contributed by atoms with van der Waals surface area (Å²) in [6.45, 7) is 4.66. The van der Waals surface area contributed by atoms with Crippen molar-refractivity contribution < 1.29 is 19.4 Å². The zero-order valence-corrected chi connectivity index (χ0v) is 13.8. The van der Waals surface area contributed by atoms with Crippen LogP contribution in [0.25, 0.3) is 0 Å². The maximum absolute atomic E-state index is 12.4. The van der Waals surface area contributed by atoms with Crippen LogP contribution in [0.5, 0.6) is 5.75 Å². The second-order valence-electron chi connectivity index (χ2n) is 5.99. The van der Waals surface area contributed by atoms with E-state index in [1.54, 1.807) is 12.1 Å². The van der Waals surface area contributed by atoms with Crippen LogP contribution in [0.2, 0.25) is 0 Å². The van der Waals surface area contributed by atoms with Gasteiger partial charge in [-0.3, -0.25) is 4.79 Å². The normalized spacial score (nSPS) is 15.4. The van der Waals surface area contributed by atoms with Crippen molar-refractivity contribution in [3.63, 3.8) is 0 Å². The number of fused-ring (bicyclic) bond motifs is 1. The summed E-state index contributed by atoms with van der Waals surface area (Å²) in [6.07, 6.45) is 4.29. The van der Waals surface area contributed by atoms with E-state index in [9.17, 15) is 14.7 Å². The van der Waals surface area contributed by atoms with E-state index < -0.39 is 12.0 Å². The monoisotopic (exact) mass is 319 g/mol. The minimum Gasteiger partial charge on any atom is -0.493 e. The Bertz CT molecular complexity index is 570. The molecule has 1 aromatic carbocycles. The lowest BCUT2D eigenvalue weighted by Crippen LogP contribution is -2.37. The summed E-state index contributed by atoms with van der Waals surface area (Å²) in [5, 5.41) is 12.2. The molecule has 23 heavy (non-hydrogen) atoms. The van der Waals surface area contributed by atoms with Crippen LogP contribution in [0.4, 0.5) is 0 Å². The molecule has 0 aliphatic carbocycles. The molecule has 5 heteroatoms. The van der Waals surface area contributed by atoms with Crippen LogP contribution in [0, 0.1) is 5.92 Å². The minimum atomic E-state index is -1.04. The first kappa shape index (κ1) is 17.3. The number of unbranched alkanes of at least 4 members (excludes halogenated alkanes) is 1. The van der Waals surface area contributed by atoms with E-state index in [1.807, 2.05) is 13.0 Å². The molecule has 0 spiro atoms. The van der Waals surface area contributed by atoms with Gasteiger partial charge in [-0.2, -0.15) is 0 Å². The van der Waals surface area contributed by atoms with Gasteiger partial charge in [0.2, 0.25) is 5.91 Å². The molecule has 0 bridgehead atoms. The molecule has 1 aliphatic heterocycles. The number of carboxylic acids is 1. The van der Waals surface area contributed by atoms with Gasteiger partial charge in [-0.05, 0) is 36.1 Å². The number of carbonyl (C=O) groups is 2. The number of hydrogen-bond acceptors (Lipinski definition) is 3. The zero-order valence-electron chi connectivity index (χ0n) is 13.8. The van der Waals surface area contributed by atoms with E-state index in [4.69, 9.17) is 4.74 Å². The first-order valence-corrected chi connectivity index (χ1v) is 8.35. The molecule has 2 N–H and O–H groups in total. The van der Waals surface area contributed by atoms with Crippen molar-refractivity contribution in [1.29, 1.82) is 0 Å². The van der Waals surface area contributed by atoms with Gasteiger partial charge < -0.3 is 15.2 Å². The van der Waals surface area contributed by atoms with Gasteiger partial charge in [-0.25, -0.2) is 4.79 Å².